The van der Waals surface area contributed by atoms with E-state index in [1.165, 1.54) is 18.8 Å². The van der Waals surface area contributed by atoms with Crippen LogP contribution in [0.4, 0.5) is 5.69 Å². The van der Waals surface area contributed by atoms with Crippen molar-refractivity contribution in [2.45, 2.75) is 58.7 Å². The molecule has 5 rings (SSSR count). The molecular weight excluding hydrogens is 508 g/mol. The standard InChI is InChI=1S/C31H38N4O5.H2/c1-18-25-15-23(31(25,3)4)16-26(18)32-17-27(37)33-24-13-9-21(10-14-24)6-5-20-7-11-22(12-8-20)29(38)34-28(19(2)36)30(39)35-40;/h7-14,18-19,23,25-26,28,32,36,40H,15-17H2,1-4H3,(H,33,37)(H,34,38)(H,35,39);1H/t18-,19+,23?,25?,26?,28-;/m0./s1. The Morgan fingerprint density at radius 2 is 1.62 bits per heavy atom. The van der Waals surface area contributed by atoms with E-state index in [2.05, 4.69) is 48.6 Å². The third-order valence-electron chi connectivity index (χ3n) is 8.71. The van der Waals surface area contributed by atoms with Gasteiger partial charge in [0.15, 0.2) is 0 Å². The summed E-state index contributed by atoms with van der Waals surface area (Å²) in [6.07, 6.45) is 1.25. The fraction of sp³-hybridized carbons (Fsp3) is 0.452. The number of hydrogen-bond acceptors (Lipinski definition) is 6. The van der Waals surface area contributed by atoms with Crippen LogP contribution in [0.3, 0.4) is 0 Å². The third-order valence-corrected chi connectivity index (χ3v) is 8.71. The fourth-order valence-electron chi connectivity index (χ4n) is 6.03. The highest BCUT2D eigenvalue weighted by Gasteiger charge is 2.56. The van der Waals surface area contributed by atoms with Crippen molar-refractivity contribution in [1.29, 1.82) is 0 Å². The minimum absolute atomic E-state index is 0. The van der Waals surface area contributed by atoms with Crippen molar-refractivity contribution < 1.29 is 26.1 Å². The molecule has 0 radical (unpaired) electrons. The summed E-state index contributed by atoms with van der Waals surface area (Å²) in [5.41, 5.74) is 4.28. The van der Waals surface area contributed by atoms with E-state index in [-0.39, 0.29) is 12.9 Å². The molecular formula is C31H40N4O5. The van der Waals surface area contributed by atoms with Crippen molar-refractivity contribution in [1.82, 2.24) is 16.1 Å². The molecule has 0 heterocycles. The number of aliphatic hydroxyl groups excluding tert-OH is 1. The maximum absolute atomic E-state index is 12.5. The topological polar surface area (TPSA) is 140 Å². The van der Waals surface area contributed by atoms with Crippen molar-refractivity contribution in [2.24, 2.45) is 23.2 Å². The lowest BCUT2D eigenvalue weighted by Crippen LogP contribution is -2.60. The van der Waals surface area contributed by atoms with Gasteiger partial charge in [-0.25, -0.2) is 5.48 Å². The van der Waals surface area contributed by atoms with Crippen LogP contribution in [0, 0.1) is 35.0 Å². The van der Waals surface area contributed by atoms with Crippen LogP contribution in [0.25, 0.3) is 0 Å². The van der Waals surface area contributed by atoms with Crippen molar-refractivity contribution >= 4 is 23.4 Å². The number of carbonyl (C=O) groups is 3. The molecule has 9 nitrogen and oxygen atoms in total. The highest BCUT2D eigenvalue weighted by atomic mass is 16.5. The van der Waals surface area contributed by atoms with Gasteiger partial charge in [0.2, 0.25) is 5.91 Å². The van der Waals surface area contributed by atoms with E-state index in [1.807, 2.05) is 24.3 Å². The summed E-state index contributed by atoms with van der Waals surface area (Å²) >= 11 is 0. The zero-order valence-electron chi connectivity index (χ0n) is 23.3. The monoisotopic (exact) mass is 548 g/mol. The number of hydroxylamine groups is 1. The highest BCUT2D eigenvalue weighted by molar-refractivity contribution is 5.97. The van der Waals surface area contributed by atoms with Crippen LogP contribution < -0.4 is 21.4 Å². The fourth-order valence-corrected chi connectivity index (χ4v) is 6.03. The van der Waals surface area contributed by atoms with Crippen LogP contribution in [-0.4, -0.2) is 52.8 Å². The van der Waals surface area contributed by atoms with Gasteiger partial charge in [0.05, 0.1) is 12.6 Å². The number of anilines is 1. The van der Waals surface area contributed by atoms with Crippen LogP contribution in [0.15, 0.2) is 48.5 Å². The second kappa shape index (κ2) is 12.2. The van der Waals surface area contributed by atoms with E-state index in [4.69, 9.17) is 5.21 Å². The quantitative estimate of drug-likeness (QED) is 0.170. The summed E-state index contributed by atoms with van der Waals surface area (Å²) < 4.78 is 0. The molecule has 0 saturated heterocycles. The summed E-state index contributed by atoms with van der Waals surface area (Å²) in [7, 11) is 0. The minimum atomic E-state index is -1.29. The number of rotatable bonds is 8. The van der Waals surface area contributed by atoms with Gasteiger partial charge >= 0.3 is 0 Å². The Bertz CT molecular complexity index is 1300. The molecule has 3 amide bonds. The van der Waals surface area contributed by atoms with Crippen molar-refractivity contribution in [3.05, 3.63) is 65.2 Å². The highest BCUT2D eigenvalue weighted by Crippen LogP contribution is 2.61. The first-order chi connectivity index (χ1) is 19.0. The van der Waals surface area contributed by atoms with Crippen molar-refractivity contribution in [3.63, 3.8) is 0 Å². The average molecular weight is 549 g/mol. The van der Waals surface area contributed by atoms with Crippen LogP contribution in [-0.2, 0) is 9.59 Å². The predicted molar refractivity (Wildman–Crippen MR) is 153 cm³/mol. The molecule has 0 spiro atoms. The Balaban J connectivity index is 0.00000462. The second-order valence-electron chi connectivity index (χ2n) is 11.6. The predicted octanol–water partition coefficient (Wildman–Crippen LogP) is 2.92. The van der Waals surface area contributed by atoms with Crippen LogP contribution in [0.2, 0.25) is 0 Å². The lowest BCUT2D eigenvalue weighted by Gasteiger charge is -2.62. The lowest BCUT2D eigenvalue weighted by molar-refractivity contribution is -0.133. The van der Waals surface area contributed by atoms with Gasteiger partial charge in [-0.3, -0.25) is 19.6 Å². The Hall–Kier alpha value is -3.71. The van der Waals surface area contributed by atoms with Crippen LogP contribution in [0.1, 0.15) is 63.4 Å². The normalized spacial score (nSPS) is 23.9. The van der Waals surface area contributed by atoms with Gasteiger partial charge in [0, 0.05) is 29.8 Å². The Morgan fingerprint density at radius 1 is 1.02 bits per heavy atom. The molecule has 3 unspecified atom stereocenters. The molecule has 3 aliphatic rings. The minimum Gasteiger partial charge on any atom is -0.391 e. The Labute approximate surface area is 236 Å². The average Bonchev–Trinajstić information content (AvgIpc) is 2.94. The third kappa shape index (κ3) is 6.53. The van der Waals surface area contributed by atoms with Crippen LogP contribution >= 0.6 is 0 Å². The van der Waals surface area contributed by atoms with Gasteiger partial charge in [0.1, 0.15) is 6.04 Å². The lowest BCUT2D eigenvalue weighted by atomic mass is 9.45. The van der Waals surface area contributed by atoms with Gasteiger partial charge < -0.3 is 21.1 Å². The van der Waals surface area contributed by atoms with E-state index in [0.717, 1.165) is 23.8 Å². The SMILES string of the molecule is C[C@@H]1C(NCC(=O)Nc2ccc(C#Cc3ccc(C(=O)N[C@H](C(=O)NO)[C@@H](C)O)cc3)cc2)CC2CC1C2(C)C.[HH]. The molecule has 6 atom stereocenters. The molecule has 2 bridgehead atoms. The summed E-state index contributed by atoms with van der Waals surface area (Å²) in [5, 5.41) is 27.2. The second-order valence-corrected chi connectivity index (χ2v) is 11.6. The molecule has 3 saturated carbocycles. The summed E-state index contributed by atoms with van der Waals surface area (Å²) in [5.74, 6) is 6.58. The molecule has 2 aromatic rings. The summed E-state index contributed by atoms with van der Waals surface area (Å²) in [4.78, 5) is 36.5. The molecule has 40 heavy (non-hydrogen) atoms. The first-order valence-corrected chi connectivity index (χ1v) is 13.7. The number of nitrogens with one attached hydrogen (secondary N) is 4. The number of fused-ring (bicyclic) bond motifs is 2. The Morgan fingerprint density at radius 3 is 2.15 bits per heavy atom. The van der Waals surface area contributed by atoms with Crippen molar-refractivity contribution in [3.8, 4) is 11.8 Å². The summed E-state index contributed by atoms with van der Waals surface area (Å²) in [6, 6.07) is 12.8. The number of aliphatic hydroxyl groups is 1. The number of hydrogen-bond donors (Lipinski definition) is 6. The molecule has 6 N–H and O–H groups in total. The van der Waals surface area contributed by atoms with Gasteiger partial charge in [-0.2, -0.15) is 0 Å². The van der Waals surface area contributed by atoms with E-state index >= 15 is 0 Å². The number of carbonyl (C=O) groups excluding carboxylic acids is 3. The number of benzene rings is 2. The van der Waals surface area contributed by atoms with Gasteiger partial charge in [0.25, 0.3) is 11.8 Å². The maximum atomic E-state index is 12.5. The Kier molecular flexibility index (Phi) is 8.94. The molecule has 2 aromatic carbocycles. The first-order valence-electron chi connectivity index (χ1n) is 13.7. The van der Waals surface area contributed by atoms with E-state index in [9.17, 15) is 19.5 Å². The molecule has 3 fully saturated rings. The van der Waals surface area contributed by atoms with Gasteiger partial charge in [-0.1, -0.05) is 32.6 Å². The van der Waals surface area contributed by atoms with Gasteiger partial charge in [-0.15, -0.1) is 0 Å². The maximum Gasteiger partial charge on any atom is 0.268 e. The molecule has 214 valence electrons. The van der Waals surface area contributed by atoms with Crippen LogP contribution in [0.5, 0.6) is 0 Å². The van der Waals surface area contributed by atoms with E-state index < -0.39 is 24.0 Å². The summed E-state index contributed by atoms with van der Waals surface area (Å²) in [6.45, 7) is 8.67. The zero-order chi connectivity index (χ0) is 29.0. The molecule has 0 aliphatic heterocycles. The largest absolute Gasteiger partial charge is 0.391 e. The first kappa shape index (κ1) is 29.3. The zero-order valence-corrected chi connectivity index (χ0v) is 23.3. The smallest absolute Gasteiger partial charge is 0.268 e. The van der Waals surface area contributed by atoms with Gasteiger partial charge in [-0.05, 0) is 91.5 Å². The molecule has 9 heteroatoms. The number of amides is 3. The van der Waals surface area contributed by atoms with Crippen molar-refractivity contribution in [2.75, 3.05) is 11.9 Å². The molecule has 0 aromatic heterocycles. The molecule has 3 aliphatic carbocycles. The van der Waals surface area contributed by atoms with E-state index in [1.54, 1.807) is 24.3 Å². The van der Waals surface area contributed by atoms with E-state index in [0.29, 0.717) is 35.2 Å².